The van der Waals surface area contributed by atoms with Crippen LogP contribution in [0.4, 0.5) is 4.79 Å². The van der Waals surface area contributed by atoms with E-state index in [1.165, 1.54) is 16.2 Å². The van der Waals surface area contributed by atoms with Gasteiger partial charge in [0.05, 0.1) is 12.2 Å². The minimum atomic E-state index is -0.980. The van der Waals surface area contributed by atoms with Gasteiger partial charge >= 0.3 is 6.03 Å². The van der Waals surface area contributed by atoms with Crippen LogP contribution < -0.4 is 5.32 Å². The first-order valence-corrected chi connectivity index (χ1v) is 7.12. The Labute approximate surface area is 120 Å². The van der Waals surface area contributed by atoms with Crippen molar-refractivity contribution in [3.63, 3.8) is 0 Å². The number of thiophene rings is 1. The standard InChI is InChI=1S/C14H13N3O2S/c1-14(10-5-7-20-9-10)12(18)17(13(19)16-14)8-11-4-2-3-6-15-11/h2-7,9H,8H2,1H3,(H,16,19)/t14-/m0/s1. The number of imide groups is 1. The van der Waals surface area contributed by atoms with Crippen molar-refractivity contribution in [1.82, 2.24) is 15.2 Å². The molecule has 1 aliphatic rings. The third-order valence-electron chi connectivity index (χ3n) is 3.42. The zero-order valence-corrected chi connectivity index (χ0v) is 11.7. The summed E-state index contributed by atoms with van der Waals surface area (Å²) >= 11 is 1.50. The van der Waals surface area contributed by atoms with E-state index in [1.54, 1.807) is 25.3 Å². The molecule has 1 saturated heterocycles. The number of carbonyl (C=O) groups excluding carboxylic acids is 2. The lowest BCUT2D eigenvalue weighted by Gasteiger charge is -2.20. The smallest absolute Gasteiger partial charge is 0.319 e. The van der Waals surface area contributed by atoms with Gasteiger partial charge in [-0.05, 0) is 41.4 Å². The Morgan fingerprint density at radius 2 is 2.20 bits per heavy atom. The maximum absolute atomic E-state index is 12.6. The Hall–Kier alpha value is -2.21. The fourth-order valence-corrected chi connectivity index (χ4v) is 3.00. The van der Waals surface area contributed by atoms with Gasteiger partial charge in [0.2, 0.25) is 0 Å². The molecular formula is C14H13N3O2S. The number of rotatable bonds is 3. The second kappa shape index (κ2) is 4.72. The Morgan fingerprint density at radius 3 is 2.85 bits per heavy atom. The number of nitrogens with zero attached hydrogens (tertiary/aromatic N) is 2. The Kier molecular flexibility index (Phi) is 3.02. The van der Waals surface area contributed by atoms with Crippen molar-refractivity contribution in [2.45, 2.75) is 19.0 Å². The molecule has 0 radical (unpaired) electrons. The monoisotopic (exact) mass is 287 g/mol. The summed E-state index contributed by atoms with van der Waals surface area (Å²) in [6.07, 6.45) is 1.64. The highest BCUT2D eigenvalue weighted by Crippen LogP contribution is 2.30. The zero-order chi connectivity index (χ0) is 14.2. The predicted octanol–water partition coefficient (Wildman–Crippen LogP) is 2.11. The van der Waals surface area contributed by atoms with E-state index >= 15 is 0 Å². The normalized spacial score (nSPS) is 22.1. The summed E-state index contributed by atoms with van der Waals surface area (Å²) in [7, 11) is 0. The fraction of sp³-hybridized carbons (Fsp3) is 0.214. The van der Waals surface area contributed by atoms with Gasteiger partial charge in [-0.15, -0.1) is 0 Å². The van der Waals surface area contributed by atoms with Gasteiger partial charge in [-0.3, -0.25) is 14.7 Å². The van der Waals surface area contributed by atoms with Crippen molar-refractivity contribution >= 4 is 23.3 Å². The van der Waals surface area contributed by atoms with Crippen LogP contribution in [0.5, 0.6) is 0 Å². The van der Waals surface area contributed by atoms with E-state index in [9.17, 15) is 9.59 Å². The van der Waals surface area contributed by atoms with E-state index in [1.807, 2.05) is 22.9 Å². The second-order valence-electron chi connectivity index (χ2n) is 4.78. The van der Waals surface area contributed by atoms with Crippen LogP contribution in [0.25, 0.3) is 0 Å². The average Bonchev–Trinajstić information content (AvgIpc) is 3.05. The topological polar surface area (TPSA) is 62.3 Å². The van der Waals surface area contributed by atoms with Crippen molar-refractivity contribution in [3.05, 3.63) is 52.5 Å². The maximum Gasteiger partial charge on any atom is 0.325 e. The fourth-order valence-electron chi connectivity index (χ4n) is 2.24. The summed E-state index contributed by atoms with van der Waals surface area (Å²) in [6, 6.07) is 6.90. The van der Waals surface area contributed by atoms with Crippen molar-refractivity contribution in [2.24, 2.45) is 0 Å². The van der Waals surface area contributed by atoms with Gasteiger partial charge in [0, 0.05) is 6.20 Å². The van der Waals surface area contributed by atoms with Crippen LogP contribution in [-0.2, 0) is 16.9 Å². The lowest BCUT2D eigenvalue weighted by Crippen LogP contribution is -2.40. The summed E-state index contributed by atoms with van der Waals surface area (Å²) in [5.41, 5.74) is 0.515. The first kappa shape index (κ1) is 12.8. The molecule has 0 saturated carbocycles. The Morgan fingerprint density at radius 1 is 1.35 bits per heavy atom. The molecule has 1 N–H and O–H groups in total. The second-order valence-corrected chi connectivity index (χ2v) is 5.56. The van der Waals surface area contributed by atoms with E-state index in [2.05, 4.69) is 10.3 Å². The average molecular weight is 287 g/mol. The van der Waals surface area contributed by atoms with Gasteiger partial charge in [-0.2, -0.15) is 11.3 Å². The molecule has 0 spiro atoms. The van der Waals surface area contributed by atoms with Crippen molar-refractivity contribution in [2.75, 3.05) is 0 Å². The summed E-state index contributed by atoms with van der Waals surface area (Å²) in [5, 5.41) is 6.54. The van der Waals surface area contributed by atoms with Gasteiger partial charge in [-0.25, -0.2) is 4.79 Å². The molecule has 0 unspecified atom stereocenters. The lowest BCUT2D eigenvalue weighted by molar-refractivity contribution is -0.131. The number of aromatic nitrogens is 1. The van der Waals surface area contributed by atoms with Crippen molar-refractivity contribution in [3.8, 4) is 0 Å². The highest BCUT2D eigenvalue weighted by Gasteiger charge is 2.49. The number of nitrogens with one attached hydrogen (secondary N) is 1. The summed E-state index contributed by atoms with van der Waals surface area (Å²) in [5.74, 6) is -0.244. The molecule has 20 heavy (non-hydrogen) atoms. The molecule has 0 bridgehead atoms. The van der Waals surface area contributed by atoms with Crippen LogP contribution in [0.2, 0.25) is 0 Å². The van der Waals surface area contributed by atoms with E-state index < -0.39 is 5.54 Å². The van der Waals surface area contributed by atoms with Crippen LogP contribution in [0.1, 0.15) is 18.2 Å². The van der Waals surface area contributed by atoms with Crippen molar-refractivity contribution < 1.29 is 9.59 Å². The molecule has 0 aromatic carbocycles. The largest absolute Gasteiger partial charge is 0.325 e. The number of hydrogen-bond acceptors (Lipinski definition) is 4. The first-order valence-electron chi connectivity index (χ1n) is 6.18. The van der Waals surface area contributed by atoms with Gasteiger partial charge < -0.3 is 5.32 Å². The number of urea groups is 1. The van der Waals surface area contributed by atoms with Gasteiger partial charge in [0.1, 0.15) is 5.54 Å². The molecule has 2 aromatic heterocycles. The van der Waals surface area contributed by atoms with Gasteiger partial charge in [-0.1, -0.05) is 6.07 Å². The molecule has 102 valence electrons. The minimum Gasteiger partial charge on any atom is -0.319 e. The van der Waals surface area contributed by atoms with Crippen LogP contribution in [-0.4, -0.2) is 21.8 Å². The lowest BCUT2D eigenvalue weighted by atomic mass is 9.95. The Balaban J connectivity index is 1.88. The highest BCUT2D eigenvalue weighted by molar-refractivity contribution is 7.08. The summed E-state index contributed by atoms with van der Waals surface area (Å²) in [6.45, 7) is 1.92. The molecule has 3 rings (SSSR count). The summed E-state index contributed by atoms with van der Waals surface area (Å²) < 4.78 is 0. The molecule has 1 aliphatic heterocycles. The third kappa shape index (κ3) is 1.98. The zero-order valence-electron chi connectivity index (χ0n) is 10.9. The first-order chi connectivity index (χ1) is 9.61. The van der Waals surface area contributed by atoms with Crippen LogP contribution in [0, 0.1) is 0 Å². The highest BCUT2D eigenvalue weighted by atomic mass is 32.1. The van der Waals surface area contributed by atoms with E-state index in [0.717, 1.165) is 5.56 Å². The van der Waals surface area contributed by atoms with E-state index in [4.69, 9.17) is 0 Å². The molecule has 1 atom stereocenters. The van der Waals surface area contributed by atoms with E-state index in [-0.39, 0.29) is 18.5 Å². The minimum absolute atomic E-state index is 0.186. The Bertz CT molecular complexity index is 642. The van der Waals surface area contributed by atoms with Crippen LogP contribution in [0.3, 0.4) is 0 Å². The molecule has 6 heteroatoms. The number of amides is 3. The summed E-state index contributed by atoms with van der Waals surface area (Å²) in [4.78, 5) is 30.0. The molecule has 0 aliphatic carbocycles. The molecule has 5 nitrogen and oxygen atoms in total. The maximum atomic E-state index is 12.6. The van der Waals surface area contributed by atoms with Gasteiger partial charge in [0.15, 0.2) is 0 Å². The molecule has 2 aromatic rings. The molecular weight excluding hydrogens is 274 g/mol. The third-order valence-corrected chi connectivity index (χ3v) is 4.10. The van der Waals surface area contributed by atoms with Crippen LogP contribution in [0.15, 0.2) is 41.2 Å². The molecule has 3 amide bonds. The number of carbonyl (C=O) groups is 2. The number of hydrogen-bond donors (Lipinski definition) is 1. The number of pyridine rings is 1. The van der Waals surface area contributed by atoms with Crippen LogP contribution >= 0.6 is 11.3 Å². The molecule has 1 fully saturated rings. The SMILES string of the molecule is C[C@@]1(c2ccsc2)NC(=O)N(Cc2ccccn2)C1=O. The quantitative estimate of drug-likeness (QED) is 0.879. The van der Waals surface area contributed by atoms with Gasteiger partial charge in [0.25, 0.3) is 5.91 Å². The predicted molar refractivity (Wildman–Crippen MR) is 75.0 cm³/mol. The molecule has 3 heterocycles. The van der Waals surface area contributed by atoms with E-state index in [0.29, 0.717) is 5.69 Å². The van der Waals surface area contributed by atoms with Crippen molar-refractivity contribution in [1.29, 1.82) is 0 Å².